The molecular weight excluding hydrogens is 297 g/mol. The average Bonchev–Trinajstić information content (AvgIpc) is 2.46. The van der Waals surface area contributed by atoms with Gasteiger partial charge in [0.25, 0.3) is 0 Å². The zero-order valence-electron chi connectivity index (χ0n) is 12.8. The zero-order chi connectivity index (χ0) is 16.6. The first-order valence-corrected chi connectivity index (χ1v) is 7.33. The summed E-state index contributed by atoms with van der Waals surface area (Å²) in [5.74, 6) is -1.91. The molecule has 0 fully saturated rings. The first-order valence-electron chi connectivity index (χ1n) is 7.33. The molecule has 0 saturated carbocycles. The second-order valence-corrected chi connectivity index (χ2v) is 4.88. The van der Waals surface area contributed by atoms with Gasteiger partial charge >= 0.3 is 12.1 Å². The van der Waals surface area contributed by atoms with E-state index in [0.717, 1.165) is 6.42 Å². The summed E-state index contributed by atoms with van der Waals surface area (Å²) >= 11 is 0. The highest BCUT2D eigenvalue weighted by molar-refractivity contribution is 5.69. The minimum atomic E-state index is -4.47. The van der Waals surface area contributed by atoms with Crippen LogP contribution in [0.2, 0.25) is 0 Å². The molecule has 124 valence electrons. The number of ether oxygens (including phenoxy) is 2. The van der Waals surface area contributed by atoms with Crippen molar-refractivity contribution in [2.45, 2.75) is 45.2 Å². The number of esters is 1. The summed E-state index contributed by atoms with van der Waals surface area (Å²) in [7, 11) is 0. The summed E-state index contributed by atoms with van der Waals surface area (Å²) in [6, 6.07) is 5.67. The van der Waals surface area contributed by atoms with Crippen LogP contribution in [0.1, 0.15) is 44.6 Å². The van der Waals surface area contributed by atoms with Gasteiger partial charge < -0.3 is 9.47 Å². The molecule has 0 bridgehead atoms. The second-order valence-electron chi connectivity index (χ2n) is 4.88. The van der Waals surface area contributed by atoms with Gasteiger partial charge in [-0.15, -0.1) is 0 Å². The number of unbranched alkanes of at least 4 members (excludes halogenated alkanes) is 1. The molecule has 0 aliphatic rings. The summed E-state index contributed by atoms with van der Waals surface area (Å²) in [6.45, 7) is 3.44. The van der Waals surface area contributed by atoms with Crippen LogP contribution >= 0.6 is 0 Å². The van der Waals surface area contributed by atoms with E-state index in [0.29, 0.717) is 18.8 Å². The highest BCUT2D eigenvalue weighted by atomic mass is 19.4. The minimum Gasteiger partial charge on any atom is -0.494 e. The lowest BCUT2D eigenvalue weighted by atomic mass is 9.99. The molecule has 1 aromatic rings. The van der Waals surface area contributed by atoms with Gasteiger partial charge in [0.1, 0.15) is 18.3 Å². The Bertz CT molecular complexity index is 455. The molecule has 0 N–H and O–H groups in total. The third-order valence-corrected chi connectivity index (χ3v) is 3.13. The van der Waals surface area contributed by atoms with Crippen LogP contribution in [0.25, 0.3) is 0 Å². The van der Waals surface area contributed by atoms with Crippen LogP contribution in [0.5, 0.6) is 5.75 Å². The standard InChI is InChI=1S/C16H21F3O3/c1-3-5-6-15(20)22-11-14(16(17,18)19)12-7-9-13(10-8-12)21-4-2/h7-10,14H,3-6,11H2,1-2H3. The molecular formula is C16H21F3O3. The Morgan fingerprint density at radius 3 is 2.32 bits per heavy atom. The third kappa shape index (κ3) is 5.95. The van der Waals surface area contributed by atoms with Crippen molar-refractivity contribution >= 4 is 5.97 Å². The number of hydrogen-bond donors (Lipinski definition) is 0. The van der Waals surface area contributed by atoms with E-state index in [1.807, 2.05) is 6.92 Å². The summed E-state index contributed by atoms with van der Waals surface area (Å²) in [5, 5.41) is 0. The van der Waals surface area contributed by atoms with Crippen molar-refractivity contribution in [3.8, 4) is 5.75 Å². The van der Waals surface area contributed by atoms with E-state index in [2.05, 4.69) is 0 Å². The minimum absolute atomic E-state index is 0.0549. The maximum Gasteiger partial charge on any atom is 0.399 e. The lowest BCUT2D eigenvalue weighted by Crippen LogP contribution is -2.26. The fraction of sp³-hybridized carbons (Fsp3) is 0.562. The van der Waals surface area contributed by atoms with Crippen molar-refractivity contribution < 1.29 is 27.4 Å². The number of hydrogen-bond acceptors (Lipinski definition) is 3. The fourth-order valence-electron chi connectivity index (χ4n) is 1.91. The molecule has 0 aromatic heterocycles. The summed E-state index contributed by atoms with van der Waals surface area (Å²) in [5.41, 5.74) is 0.0549. The molecule has 1 aromatic carbocycles. The van der Waals surface area contributed by atoms with Crippen LogP contribution in [0.3, 0.4) is 0 Å². The van der Waals surface area contributed by atoms with Crippen LogP contribution in [-0.2, 0) is 9.53 Å². The Balaban J connectivity index is 2.74. The van der Waals surface area contributed by atoms with Gasteiger partial charge in [0.2, 0.25) is 0 Å². The van der Waals surface area contributed by atoms with Gasteiger partial charge in [0.15, 0.2) is 0 Å². The maximum atomic E-state index is 13.1. The Kier molecular flexibility index (Phi) is 7.21. The first-order chi connectivity index (χ1) is 10.4. The van der Waals surface area contributed by atoms with Gasteiger partial charge in [-0.1, -0.05) is 25.5 Å². The topological polar surface area (TPSA) is 35.5 Å². The Morgan fingerprint density at radius 2 is 1.82 bits per heavy atom. The van der Waals surface area contributed by atoms with E-state index >= 15 is 0 Å². The average molecular weight is 318 g/mol. The molecule has 22 heavy (non-hydrogen) atoms. The predicted octanol–water partition coefficient (Wildman–Crippen LogP) is 4.46. The molecule has 1 rings (SSSR count). The monoisotopic (exact) mass is 318 g/mol. The first kappa shape index (κ1) is 18.3. The van der Waals surface area contributed by atoms with Crippen molar-refractivity contribution in [2.24, 2.45) is 0 Å². The molecule has 1 unspecified atom stereocenters. The van der Waals surface area contributed by atoms with Gasteiger partial charge in [-0.05, 0) is 31.0 Å². The lowest BCUT2D eigenvalue weighted by Gasteiger charge is -2.21. The molecule has 0 heterocycles. The van der Waals surface area contributed by atoms with E-state index in [1.165, 1.54) is 24.3 Å². The number of alkyl halides is 3. The molecule has 0 aliphatic heterocycles. The number of carbonyl (C=O) groups excluding carboxylic acids is 1. The van der Waals surface area contributed by atoms with Gasteiger partial charge in [-0.25, -0.2) is 0 Å². The van der Waals surface area contributed by atoms with Crippen molar-refractivity contribution in [3.63, 3.8) is 0 Å². The summed E-state index contributed by atoms with van der Waals surface area (Å²) in [6.07, 6.45) is -2.93. The van der Waals surface area contributed by atoms with Gasteiger partial charge in [0.05, 0.1) is 6.61 Å². The zero-order valence-corrected chi connectivity index (χ0v) is 12.8. The molecule has 0 radical (unpaired) electrons. The smallest absolute Gasteiger partial charge is 0.399 e. The predicted molar refractivity (Wildman–Crippen MR) is 76.9 cm³/mol. The normalized spacial score (nSPS) is 12.8. The van der Waals surface area contributed by atoms with Gasteiger partial charge in [-0.3, -0.25) is 4.79 Å². The molecule has 0 spiro atoms. The van der Waals surface area contributed by atoms with Crippen molar-refractivity contribution in [3.05, 3.63) is 29.8 Å². The van der Waals surface area contributed by atoms with Crippen LogP contribution in [0.15, 0.2) is 24.3 Å². The molecule has 0 saturated heterocycles. The number of carbonyl (C=O) groups is 1. The largest absolute Gasteiger partial charge is 0.494 e. The second kappa shape index (κ2) is 8.66. The highest BCUT2D eigenvalue weighted by Crippen LogP contribution is 2.35. The van der Waals surface area contributed by atoms with Crippen molar-refractivity contribution in [1.82, 2.24) is 0 Å². The SMILES string of the molecule is CCCCC(=O)OCC(c1ccc(OCC)cc1)C(F)(F)F. The summed E-state index contributed by atoms with van der Waals surface area (Å²) in [4.78, 5) is 11.4. The maximum absolute atomic E-state index is 13.1. The van der Waals surface area contributed by atoms with Crippen LogP contribution < -0.4 is 4.74 Å². The van der Waals surface area contributed by atoms with E-state index < -0.39 is 24.7 Å². The van der Waals surface area contributed by atoms with Crippen LogP contribution in [-0.4, -0.2) is 25.4 Å². The van der Waals surface area contributed by atoms with E-state index in [4.69, 9.17) is 9.47 Å². The quantitative estimate of drug-likeness (QED) is 0.664. The summed E-state index contributed by atoms with van der Waals surface area (Å²) < 4.78 is 49.4. The van der Waals surface area contributed by atoms with E-state index in [1.54, 1.807) is 6.92 Å². The van der Waals surface area contributed by atoms with Crippen molar-refractivity contribution in [2.75, 3.05) is 13.2 Å². The molecule has 0 aliphatic carbocycles. The lowest BCUT2D eigenvalue weighted by molar-refractivity contribution is -0.170. The number of rotatable bonds is 8. The molecule has 0 amide bonds. The van der Waals surface area contributed by atoms with Crippen LogP contribution in [0.4, 0.5) is 13.2 Å². The third-order valence-electron chi connectivity index (χ3n) is 3.13. The van der Waals surface area contributed by atoms with E-state index in [9.17, 15) is 18.0 Å². The Hall–Kier alpha value is -1.72. The molecule has 6 heteroatoms. The molecule has 3 nitrogen and oxygen atoms in total. The van der Waals surface area contributed by atoms with Gasteiger partial charge in [-0.2, -0.15) is 13.2 Å². The number of benzene rings is 1. The van der Waals surface area contributed by atoms with Gasteiger partial charge in [0, 0.05) is 6.42 Å². The highest BCUT2D eigenvalue weighted by Gasteiger charge is 2.41. The van der Waals surface area contributed by atoms with Crippen molar-refractivity contribution in [1.29, 1.82) is 0 Å². The Morgan fingerprint density at radius 1 is 1.18 bits per heavy atom. The Labute approximate surface area is 128 Å². The number of halogens is 3. The molecule has 1 atom stereocenters. The van der Waals surface area contributed by atoms with E-state index in [-0.39, 0.29) is 12.0 Å². The fourth-order valence-corrected chi connectivity index (χ4v) is 1.91. The van der Waals surface area contributed by atoms with Crippen LogP contribution in [0, 0.1) is 0 Å².